The molecule has 0 radical (unpaired) electrons. The normalized spacial score (nSPS) is 10.3. The van der Waals surface area contributed by atoms with Crippen LogP contribution in [0.25, 0.3) is 0 Å². The van der Waals surface area contributed by atoms with Gasteiger partial charge in [0.2, 0.25) is 0 Å². The van der Waals surface area contributed by atoms with Gasteiger partial charge in [0, 0.05) is 12.0 Å². The van der Waals surface area contributed by atoms with Gasteiger partial charge in [-0.05, 0) is 50.1 Å². The maximum Gasteiger partial charge on any atom is 0.163 e. The topological polar surface area (TPSA) is 52.3 Å². The Bertz CT molecular complexity index is 374. The number of nitrogens with two attached hydrogens (primary N) is 1. The molecule has 1 rings (SSSR count). The quantitative estimate of drug-likeness (QED) is 0.584. The summed E-state index contributed by atoms with van der Waals surface area (Å²) >= 11 is 0. The zero-order valence-corrected chi connectivity index (χ0v) is 10.7. The van der Waals surface area contributed by atoms with Gasteiger partial charge in [0.25, 0.3) is 0 Å². The Balaban J connectivity index is 2.57. The lowest BCUT2D eigenvalue weighted by Crippen LogP contribution is -2.03. The van der Waals surface area contributed by atoms with Crippen LogP contribution in [-0.4, -0.2) is 19.4 Å². The van der Waals surface area contributed by atoms with E-state index in [1.54, 1.807) is 7.11 Å². The minimum atomic E-state index is 0.210. The average molecular weight is 235 g/mol. The summed E-state index contributed by atoms with van der Waals surface area (Å²) in [7, 11) is 1.63. The molecule has 0 aromatic heterocycles. The summed E-state index contributed by atoms with van der Waals surface area (Å²) in [5, 5.41) is 0. The number of benzene rings is 1. The maximum absolute atomic E-state index is 12.0. The van der Waals surface area contributed by atoms with Crippen LogP contribution in [0.5, 0.6) is 5.75 Å². The lowest BCUT2D eigenvalue weighted by atomic mass is 10.00. The molecule has 1 aromatic carbocycles. The number of methoxy groups -OCH3 is 1. The van der Waals surface area contributed by atoms with E-state index in [1.807, 2.05) is 25.1 Å². The van der Waals surface area contributed by atoms with Gasteiger partial charge in [0.1, 0.15) is 5.75 Å². The molecule has 0 saturated heterocycles. The Labute approximate surface area is 103 Å². The molecule has 0 bridgehead atoms. The summed E-state index contributed by atoms with van der Waals surface area (Å²) in [6.07, 6.45) is 3.54. The fourth-order valence-electron chi connectivity index (χ4n) is 1.82. The largest absolute Gasteiger partial charge is 0.497 e. The molecule has 0 aliphatic rings. The van der Waals surface area contributed by atoms with Crippen LogP contribution < -0.4 is 10.5 Å². The first-order valence-electron chi connectivity index (χ1n) is 6.07. The molecule has 17 heavy (non-hydrogen) atoms. The number of ether oxygens (including phenoxy) is 1. The smallest absolute Gasteiger partial charge is 0.163 e. The monoisotopic (exact) mass is 235 g/mol. The average Bonchev–Trinajstić information content (AvgIpc) is 2.34. The van der Waals surface area contributed by atoms with Crippen LogP contribution in [0.1, 0.15) is 41.6 Å². The van der Waals surface area contributed by atoms with Crippen LogP contribution in [0.4, 0.5) is 0 Å². The third-order valence-corrected chi connectivity index (χ3v) is 2.84. The molecule has 0 amide bonds. The number of aryl methyl sites for hydroxylation is 1. The summed E-state index contributed by atoms with van der Waals surface area (Å²) in [5.74, 6) is 1.00. The van der Waals surface area contributed by atoms with Gasteiger partial charge in [-0.15, -0.1) is 0 Å². The second-order valence-electron chi connectivity index (χ2n) is 4.20. The van der Waals surface area contributed by atoms with E-state index in [2.05, 4.69) is 0 Å². The SMILES string of the molecule is COc1ccc(C(=O)CCCCCN)c(C)c1. The minimum Gasteiger partial charge on any atom is -0.497 e. The van der Waals surface area contributed by atoms with Crippen LogP contribution >= 0.6 is 0 Å². The second-order valence-corrected chi connectivity index (χ2v) is 4.20. The lowest BCUT2D eigenvalue weighted by Gasteiger charge is -2.07. The van der Waals surface area contributed by atoms with Crippen molar-refractivity contribution in [1.29, 1.82) is 0 Å². The third-order valence-electron chi connectivity index (χ3n) is 2.84. The predicted molar refractivity (Wildman–Crippen MR) is 69.6 cm³/mol. The Morgan fingerprint density at radius 3 is 2.65 bits per heavy atom. The summed E-state index contributed by atoms with van der Waals surface area (Å²) < 4.78 is 5.12. The van der Waals surface area contributed by atoms with E-state index in [0.717, 1.165) is 36.1 Å². The highest BCUT2D eigenvalue weighted by Crippen LogP contribution is 2.19. The van der Waals surface area contributed by atoms with Gasteiger partial charge in [0.05, 0.1) is 7.11 Å². The van der Waals surface area contributed by atoms with Crippen molar-refractivity contribution >= 4 is 5.78 Å². The van der Waals surface area contributed by atoms with Gasteiger partial charge in [0.15, 0.2) is 5.78 Å². The van der Waals surface area contributed by atoms with Gasteiger partial charge >= 0.3 is 0 Å². The van der Waals surface area contributed by atoms with Gasteiger partial charge in [-0.25, -0.2) is 0 Å². The molecule has 0 heterocycles. The Kier molecular flexibility index (Phi) is 5.70. The van der Waals surface area contributed by atoms with E-state index >= 15 is 0 Å². The van der Waals surface area contributed by atoms with Gasteiger partial charge in [-0.1, -0.05) is 6.42 Å². The van der Waals surface area contributed by atoms with Crippen molar-refractivity contribution in [2.75, 3.05) is 13.7 Å². The standard InChI is InChI=1S/C14H21NO2/c1-11-10-12(17-2)7-8-13(11)14(16)6-4-3-5-9-15/h7-8,10H,3-6,9,15H2,1-2H3. The molecule has 0 unspecified atom stereocenters. The van der Waals surface area contributed by atoms with Crippen molar-refractivity contribution in [2.45, 2.75) is 32.6 Å². The molecular weight excluding hydrogens is 214 g/mol. The van der Waals surface area contributed by atoms with Crippen molar-refractivity contribution in [2.24, 2.45) is 5.73 Å². The third kappa shape index (κ3) is 4.19. The number of hydrogen-bond acceptors (Lipinski definition) is 3. The molecule has 0 saturated carbocycles. The van der Waals surface area contributed by atoms with E-state index in [0.29, 0.717) is 13.0 Å². The maximum atomic E-state index is 12.0. The summed E-state index contributed by atoms with van der Waals surface area (Å²) in [5.41, 5.74) is 7.20. The summed E-state index contributed by atoms with van der Waals surface area (Å²) in [6, 6.07) is 5.58. The molecule has 0 fully saturated rings. The van der Waals surface area contributed by atoms with Gasteiger partial charge < -0.3 is 10.5 Å². The summed E-state index contributed by atoms with van der Waals surface area (Å²) in [4.78, 5) is 12.0. The number of unbranched alkanes of at least 4 members (excludes halogenated alkanes) is 2. The molecule has 94 valence electrons. The van der Waals surface area contributed by atoms with Crippen molar-refractivity contribution in [3.05, 3.63) is 29.3 Å². The minimum absolute atomic E-state index is 0.210. The molecule has 2 N–H and O–H groups in total. The fourth-order valence-corrected chi connectivity index (χ4v) is 1.82. The molecule has 3 heteroatoms. The van der Waals surface area contributed by atoms with Crippen LogP contribution in [0, 0.1) is 6.92 Å². The predicted octanol–water partition coefficient (Wildman–Crippen LogP) is 2.71. The second kappa shape index (κ2) is 7.07. The van der Waals surface area contributed by atoms with Crippen molar-refractivity contribution < 1.29 is 9.53 Å². The number of carbonyl (C=O) groups is 1. The highest BCUT2D eigenvalue weighted by molar-refractivity contribution is 5.97. The first-order valence-corrected chi connectivity index (χ1v) is 6.07. The highest BCUT2D eigenvalue weighted by atomic mass is 16.5. The van der Waals surface area contributed by atoms with Gasteiger partial charge in [-0.3, -0.25) is 4.79 Å². The van der Waals surface area contributed by atoms with E-state index < -0.39 is 0 Å². The number of hydrogen-bond donors (Lipinski definition) is 1. The fraction of sp³-hybridized carbons (Fsp3) is 0.500. The van der Waals surface area contributed by atoms with E-state index in [4.69, 9.17) is 10.5 Å². The molecule has 1 aromatic rings. The van der Waals surface area contributed by atoms with Gasteiger partial charge in [-0.2, -0.15) is 0 Å². The van der Waals surface area contributed by atoms with Crippen LogP contribution in [0.3, 0.4) is 0 Å². The Morgan fingerprint density at radius 2 is 2.06 bits per heavy atom. The van der Waals surface area contributed by atoms with E-state index in [-0.39, 0.29) is 5.78 Å². The van der Waals surface area contributed by atoms with Crippen LogP contribution in [-0.2, 0) is 0 Å². The number of ketones is 1. The zero-order valence-electron chi connectivity index (χ0n) is 10.7. The molecule has 0 atom stereocenters. The molecular formula is C14H21NO2. The Morgan fingerprint density at radius 1 is 1.29 bits per heavy atom. The highest BCUT2D eigenvalue weighted by Gasteiger charge is 2.09. The van der Waals surface area contributed by atoms with Crippen molar-refractivity contribution in [1.82, 2.24) is 0 Å². The summed E-state index contributed by atoms with van der Waals surface area (Å²) in [6.45, 7) is 2.64. The molecule has 0 aliphatic carbocycles. The first kappa shape index (κ1) is 13.7. The van der Waals surface area contributed by atoms with E-state index in [1.165, 1.54) is 0 Å². The number of carbonyl (C=O) groups excluding carboxylic acids is 1. The van der Waals surface area contributed by atoms with Crippen molar-refractivity contribution in [3.63, 3.8) is 0 Å². The molecule has 3 nitrogen and oxygen atoms in total. The first-order chi connectivity index (χ1) is 8.19. The number of Topliss-reactive ketones (excluding diaryl/α,β-unsaturated/α-hetero) is 1. The van der Waals surface area contributed by atoms with E-state index in [9.17, 15) is 4.79 Å². The van der Waals surface area contributed by atoms with Crippen LogP contribution in [0.2, 0.25) is 0 Å². The van der Waals surface area contributed by atoms with Crippen LogP contribution in [0.15, 0.2) is 18.2 Å². The number of rotatable bonds is 7. The Hall–Kier alpha value is -1.35. The molecule has 0 aliphatic heterocycles. The zero-order chi connectivity index (χ0) is 12.7. The van der Waals surface area contributed by atoms with Crippen molar-refractivity contribution in [3.8, 4) is 5.75 Å². The molecule has 0 spiro atoms. The lowest BCUT2D eigenvalue weighted by molar-refractivity contribution is 0.0978.